The largest absolute Gasteiger partial charge is 0.352 e. The Kier molecular flexibility index (Phi) is 5.62. The molecule has 2 rings (SSSR count). The molecule has 2 aliphatic rings. The molecule has 7 heteroatoms. The smallest absolute Gasteiger partial charge is 0.234 e. The van der Waals surface area contributed by atoms with Gasteiger partial charge < -0.3 is 5.32 Å². The first-order valence-corrected chi connectivity index (χ1v) is 9.66. The third-order valence-corrected chi connectivity index (χ3v) is 5.85. The molecule has 1 amide bonds. The first-order chi connectivity index (χ1) is 9.84. The molecular weight excluding hydrogens is 290 g/mol. The molecule has 0 bridgehead atoms. The molecule has 0 aromatic carbocycles. The lowest BCUT2D eigenvalue weighted by Gasteiger charge is -2.33. The van der Waals surface area contributed by atoms with Crippen LogP contribution in [0.25, 0.3) is 0 Å². The number of piperazine rings is 1. The van der Waals surface area contributed by atoms with Crippen molar-refractivity contribution in [2.24, 2.45) is 5.92 Å². The second-order valence-electron chi connectivity index (χ2n) is 6.46. The number of amides is 1. The van der Waals surface area contributed by atoms with Gasteiger partial charge in [-0.1, -0.05) is 6.92 Å². The predicted molar refractivity (Wildman–Crippen MR) is 82.4 cm³/mol. The zero-order valence-corrected chi connectivity index (χ0v) is 13.9. The Balaban J connectivity index is 1.70. The third kappa shape index (κ3) is 5.23. The van der Waals surface area contributed by atoms with Crippen molar-refractivity contribution in [3.63, 3.8) is 0 Å². The van der Waals surface area contributed by atoms with E-state index in [1.807, 2.05) is 4.90 Å². The highest BCUT2D eigenvalue weighted by Crippen LogP contribution is 2.23. The zero-order chi connectivity index (χ0) is 15.5. The number of hydrogen-bond acceptors (Lipinski definition) is 4. The van der Waals surface area contributed by atoms with E-state index in [2.05, 4.69) is 12.2 Å². The lowest BCUT2D eigenvalue weighted by atomic mass is 9.87. The van der Waals surface area contributed by atoms with Crippen LogP contribution in [0.5, 0.6) is 0 Å². The molecule has 1 heterocycles. The van der Waals surface area contributed by atoms with Crippen molar-refractivity contribution in [1.82, 2.24) is 14.5 Å². The van der Waals surface area contributed by atoms with Gasteiger partial charge in [0.25, 0.3) is 0 Å². The van der Waals surface area contributed by atoms with Crippen LogP contribution in [0.4, 0.5) is 0 Å². The van der Waals surface area contributed by atoms with Crippen molar-refractivity contribution in [3.8, 4) is 0 Å². The minimum Gasteiger partial charge on any atom is -0.352 e. The summed E-state index contributed by atoms with van der Waals surface area (Å²) in [7, 11) is -3.10. The number of nitrogens with one attached hydrogen (secondary N) is 1. The van der Waals surface area contributed by atoms with Gasteiger partial charge in [-0.3, -0.25) is 9.69 Å². The van der Waals surface area contributed by atoms with Crippen LogP contribution in [0.15, 0.2) is 0 Å². The van der Waals surface area contributed by atoms with Gasteiger partial charge in [0, 0.05) is 32.2 Å². The molecule has 0 unspecified atom stereocenters. The Morgan fingerprint density at radius 1 is 1.10 bits per heavy atom. The average Bonchev–Trinajstić information content (AvgIpc) is 2.41. The molecule has 0 spiro atoms. The molecule has 1 aliphatic carbocycles. The molecule has 1 saturated heterocycles. The maximum atomic E-state index is 12.1. The van der Waals surface area contributed by atoms with Crippen molar-refractivity contribution in [3.05, 3.63) is 0 Å². The molecule has 0 atom stereocenters. The van der Waals surface area contributed by atoms with Crippen LogP contribution >= 0.6 is 0 Å². The maximum absolute atomic E-state index is 12.1. The SMILES string of the molecule is CC1CCC(NC(=O)CN2CCN(S(C)(=O)=O)CC2)CC1. The molecule has 0 aromatic rings. The number of nitrogens with zero attached hydrogens (tertiary/aromatic N) is 2. The van der Waals surface area contributed by atoms with E-state index in [1.54, 1.807) is 0 Å². The van der Waals surface area contributed by atoms with Gasteiger partial charge in [-0.15, -0.1) is 0 Å². The highest BCUT2D eigenvalue weighted by atomic mass is 32.2. The van der Waals surface area contributed by atoms with Crippen molar-refractivity contribution in [2.75, 3.05) is 39.0 Å². The predicted octanol–water partition coefficient (Wildman–Crippen LogP) is 0.259. The van der Waals surface area contributed by atoms with Gasteiger partial charge >= 0.3 is 0 Å². The third-order valence-electron chi connectivity index (χ3n) is 4.55. The summed E-state index contributed by atoms with van der Waals surface area (Å²) in [4.78, 5) is 14.1. The van der Waals surface area contributed by atoms with Crippen molar-refractivity contribution >= 4 is 15.9 Å². The standard InChI is InChI=1S/C14H27N3O3S/c1-12-3-5-13(6-4-12)15-14(18)11-16-7-9-17(10-8-16)21(2,19)20/h12-13H,3-11H2,1-2H3,(H,15,18). The van der Waals surface area contributed by atoms with Gasteiger partial charge in [-0.25, -0.2) is 8.42 Å². The molecule has 1 N–H and O–H groups in total. The molecule has 6 nitrogen and oxygen atoms in total. The monoisotopic (exact) mass is 317 g/mol. The van der Waals surface area contributed by atoms with Crippen LogP contribution in [0.3, 0.4) is 0 Å². The van der Waals surface area contributed by atoms with Crippen LogP contribution in [0.1, 0.15) is 32.6 Å². The second-order valence-corrected chi connectivity index (χ2v) is 8.44. The Labute approximate surface area is 127 Å². The minimum atomic E-state index is -3.10. The summed E-state index contributed by atoms with van der Waals surface area (Å²) >= 11 is 0. The van der Waals surface area contributed by atoms with E-state index in [9.17, 15) is 13.2 Å². The quantitative estimate of drug-likeness (QED) is 0.807. The van der Waals surface area contributed by atoms with Crippen LogP contribution in [-0.2, 0) is 14.8 Å². The van der Waals surface area contributed by atoms with E-state index in [-0.39, 0.29) is 5.91 Å². The van der Waals surface area contributed by atoms with Crippen molar-refractivity contribution < 1.29 is 13.2 Å². The number of sulfonamides is 1. The van der Waals surface area contributed by atoms with E-state index in [0.717, 1.165) is 18.8 Å². The van der Waals surface area contributed by atoms with E-state index in [1.165, 1.54) is 23.4 Å². The average molecular weight is 317 g/mol. The van der Waals surface area contributed by atoms with Crippen LogP contribution < -0.4 is 5.32 Å². The van der Waals surface area contributed by atoms with Crippen molar-refractivity contribution in [1.29, 1.82) is 0 Å². The van der Waals surface area contributed by atoms with E-state index in [0.29, 0.717) is 38.8 Å². The minimum absolute atomic E-state index is 0.0716. The molecule has 0 radical (unpaired) electrons. The number of rotatable bonds is 4. The molecular formula is C14H27N3O3S. The van der Waals surface area contributed by atoms with Crippen molar-refractivity contribution in [2.45, 2.75) is 38.6 Å². The van der Waals surface area contributed by atoms with Crippen LogP contribution in [0.2, 0.25) is 0 Å². The Hall–Kier alpha value is -0.660. The lowest BCUT2D eigenvalue weighted by Crippen LogP contribution is -2.51. The Morgan fingerprint density at radius 3 is 2.19 bits per heavy atom. The van der Waals surface area contributed by atoms with Gasteiger partial charge in [0.2, 0.25) is 15.9 Å². The molecule has 122 valence electrons. The number of hydrogen-bond donors (Lipinski definition) is 1. The summed E-state index contributed by atoms with van der Waals surface area (Å²) < 4.78 is 24.3. The Bertz CT molecular complexity index is 450. The molecule has 21 heavy (non-hydrogen) atoms. The van der Waals surface area contributed by atoms with E-state index in [4.69, 9.17) is 0 Å². The topological polar surface area (TPSA) is 69.7 Å². The summed E-state index contributed by atoms with van der Waals surface area (Å²) in [5, 5.41) is 3.12. The Morgan fingerprint density at radius 2 is 1.67 bits per heavy atom. The summed E-state index contributed by atoms with van der Waals surface area (Å²) in [6.45, 7) is 4.85. The van der Waals surface area contributed by atoms with Crippen LogP contribution in [0, 0.1) is 5.92 Å². The zero-order valence-electron chi connectivity index (χ0n) is 13.0. The molecule has 1 saturated carbocycles. The summed E-state index contributed by atoms with van der Waals surface area (Å²) in [6, 6.07) is 0.325. The van der Waals surface area contributed by atoms with Gasteiger partial charge in [0.05, 0.1) is 12.8 Å². The summed E-state index contributed by atoms with van der Waals surface area (Å²) in [6.07, 6.45) is 5.78. The second kappa shape index (κ2) is 7.07. The maximum Gasteiger partial charge on any atom is 0.234 e. The summed E-state index contributed by atoms with van der Waals surface area (Å²) in [5.74, 6) is 0.851. The fraction of sp³-hybridized carbons (Fsp3) is 0.929. The molecule has 0 aromatic heterocycles. The van der Waals surface area contributed by atoms with Gasteiger partial charge in [0.15, 0.2) is 0 Å². The molecule has 1 aliphatic heterocycles. The first kappa shape index (κ1) is 16.7. The van der Waals surface area contributed by atoms with Gasteiger partial charge in [-0.2, -0.15) is 4.31 Å². The fourth-order valence-electron chi connectivity index (χ4n) is 3.10. The van der Waals surface area contributed by atoms with Crippen LogP contribution in [-0.4, -0.2) is 68.6 Å². The van der Waals surface area contributed by atoms with Gasteiger partial charge in [0.1, 0.15) is 0 Å². The van der Waals surface area contributed by atoms with Gasteiger partial charge in [-0.05, 0) is 31.6 Å². The number of carbonyl (C=O) groups excluding carboxylic acids is 1. The molecule has 2 fully saturated rings. The fourth-order valence-corrected chi connectivity index (χ4v) is 3.93. The highest BCUT2D eigenvalue weighted by molar-refractivity contribution is 7.88. The highest BCUT2D eigenvalue weighted by Gasteiger charge is 2.25. The first-order valence-electron chi connectivity index (χ1n) is 7.81. The number of carbonyl (C=O) groups is 1. The van der Waals surface area contributed by atoms with E-state index >= 15 is 0 Å². The summed E-state index contributed by atoms with van der Waals surface area (Å²) in [5.41, 5.74) is 0. The normalized spacial score (nSPS) is 29.2. The lowest BCUT2D eigenvalue weighted by molar-refractivity contribution is -0.123. The van der Waals surface area contributed by atoms with E-state index < -0.39 is 10.0 Å².